The number of ether oxygens (including phenoxy) is 2. The van der Waals surface area contributed by atoms with Gasteiger partial charge in [-0.05, 0) is 42.0 Å². The van der Waals surface area contributed by atoms with Gasteiger partial charge in [0.15, 0.2) is 21.3 Å². The van der Waals surface area contributed by atoms with Gasteiger partial charge in [-0.1, -0.05) is 6.07 Å². The molecule has 2 heterocycles. The molecule has 0 unspecified atom stereocenters. The van der Waals surface area contributed by atoms with Crippen molar-refractivity contribution >= 4 is 21.4 Å². The maximum atomic E-state index is 12.8. The highest BCUT2D eigenvalue weighted by molar-refractivity contribution is 7.90. The van der Waals surface area contributed by atoms with Crippen LogP contribution in [0, 0.1) is 0 Å². The predicted molar refractivity (Wildman–Crippen MR) is 110 cm³/mol. The number of rotatable bonds is 5. The lowest BCUT2D eigenvalue weighted by molar-refractivity contribution is 0.102. The van der Waals surface area contributed by atoms with E-state index in [4.69, 9.17) is 9.47 Å². The molecule has 1 aliphatic rings. The molecule has 10 nitrogen and oxygen atoms in total. The summed E-state index contributed by atoms with van der Waals surface area (Å²) in [5.74, 6) is 0.334. The molecule has 1 aromatic heterocycles. The summed E-state index contributed by atoms with van der Waals surface area (Å²) in [4.78, 5) is 40.1. The standard InChI is InChI=1S/C20H17N3O7S/c1-31(27,28)14-5-3-13(4-6-14)22-18(24)15-9-21-20(26)23(19(15)25)10-12-2-7-16-17(8-12)30-11-29-16/h2-9H,10-11H2,1H3,(H,21,26)(H,22,24). The van der Waals surface area contributed by atoms with E-state index >= 15 is 0 Å². The Morgan fingerprint density at radius 3 is 2.52 bits per heavy atom. The van der Waals surface area contributed by atoms with Gasteiger partial charge in [0.25, 0.3) is 11.5 Å². The number of H-pyrrole nitrogens is 1. The van der Waals surface area contributed by atoms with E-state index in [1.807, 2.05) is 0 Å². The zero-order chi connectivity index (χ0) is 22.2. The van der Waals surface area contributed by atoms with Gasteiger partial charge in [-0.2, -0.15) is 0 Å². The fraction of sp³-hybridized carbons (Fsp3) is 0.150. The number of sulfone groups is 1. The average Bonchev–Trinajstić information content (AvgIpc) is 3.18. The highest BCUT2D eigenvalue weighted by atomic mass is 32.2. The first kappa shape index (κ1) is 20.4. The maximum Gasteiger partial charge on any atom is 0.328 e. The van der Waals surface area contributed by atoms with Crippen molar-refractivity contribution in [1.29, 1.82) is 0 Å². The van der Waals surface area contributed by atoms with E-state index in [9.17, 15) is 22.8 Å². The second-order valence-corrected chi connectivity index (χ2v) is 8.85. The third-order valence-corrected chi connectivity index (χ3v) is 5.75. The summed E-state index contributed by atoms with van der Waals surface area (Å²) in [6.45, 7) is 0.0229. The van der Waals surface area contributed by atoms with Gasteiger partial charge in [-0.25, -0.2) is 13.2 Å². The Morgan fingerprint density at radius 2 is 1.81 bits per heavy atom. The highest BCUT2D eigenvalue weighted by Gasteiger charge is 2.18. The van der Waals surface area contributed by atoms with Crippen LogP contribution in [0.5, 0.6) is 11.5 Å². The second-order valence-electron chi connectivity index (χ2n) is 6.84. The molecule has 2 aromatic carbocycles. The number of aromatic amines is 1. The minimum atomic E-state index is -3.37. The Balaban J connectivity index is 1.59. The number of nitrogens with one attached hydrogen (secondary N) is 2. The van der Waals surface area contributed by atoms with Gasteiger partial charge in [0, 0.05) is 18.1 Å². The summed E-state index contributed by atoms with van der Waals surface area (Å²) in [6.07, 6.45) is 2.12. The number of nitrogens with zero attached hydrogens (tertiary/aromatic N) is 1. The third kappa shape index (κ3) is 4.21. The molecular formula is C20H17N3O7S. The van der Waals surface area contributed by atoms with Crippen LogP contribution in [0.2, 0.25) is 0 Å². The molecule has 1 amide bonds. The van der Waals surface area contributed by atoms with E-state index in [0.717, 1.165) is 17.0 Å². The van der Waals surface area contributed by atoms with Crippen LogP contribution in [-0.2, 0) is 16.4 Å². The quantitative estimate of drug-likeness (QED) is 0.599. The zero-order valence-corrected chi connectivity index (χ0v) is 17.1. The van der Waals surface area contributed by atoms with Crippen molar-refractivity contribution in [2.75, 3.05) is 18.4 Å². The molecule has 1 aliphatic heterocycles. The third-order valence-electron chi connectivity index (χ3n) is 4.62. The van der Waals surface area contributed by atoms with Gasteiger partial charge in [0.2, 0.25) is 6.79 Å². The first-order chi connectivity index (χ1) is 14.7. The molecule has 0 spiro atoms. The molecular weight excluding hydrogens is 426 g/mol. The van der Waals surface area contributed by atoms with E-state index < -0.39 is 27.0 Å². The number of aromatic nitrogens is 2. The Hall–Kier alpha value is -3.86. The molecule has 0 bridgehead atoms. The number of anilines is 1. The van der Waals surface area contributed by atoms with E-state index in [1.54, 1.807) is 18.2 Å². The molecule has 160 valence electrons. The van der Waals surface area contributed by atoms with Crippen LogP contribution >= 0.6 is 0 Å². The Kier molecular flexibility index (Phi) is 5.11. The molecule has 2 N–H and O–H groups in total. The second kappa shape index (κ2) is 7.76. The van der Waals surface area contributed by atoms with E-state index in [1.165, 1.54) is 24.3 Å². The summed E-state index contributed by atoms with van der Waals surface area (Å²) in [6, 6.07) is 10.5. The molecule has 31 heavy (non-hydrogen) atoms. The summed E-state index contributed by atoms with van der Waals surface area (Å²) >= 11 is 0. The molecule has 11 heteroatoms. The summed E-state index contributed by atoms with van der Waals surface area (Å²) < 4.78 is 34.5. The van der Waals surface area contributed by atoms with Crippen molar-refractivity contribution in [3.05, 3.63) is 80.6 Å². The Bertz CT molecular complexity index is 1390. The number of carbonyl (C=O) groups is 1. The normalized spacial score (nSPS) is 12.5. The van der Waals surface area contributed by atoms with Gasteiger partial charge >= 0.3 is 5.69 Å². The van der Waals surface area contributed by atoms with Crippen molar-refractivity contribution in [2.45, 2.75) is 11.4 Å². The molecule has 0 atom stereocenters. The minimum Gasteiger partial charge on any atom is -0.454 e. The van der Waals surface area contributed by atoms with Crippen molar-refractivity contribution in [3.63, 3.8) is 0 Å². The van der Waals surface area contributed by atoms with Gasteiger partial charge < -0.3 is 19.8 Å². The molecule has 0 aliphatic carbocycles. The van der Waals surface area contributed by atoms with Crippen molar-refractivity contribution in [2.24, 2.45) is 0 Å². The SMILES string of the molecule is CS(=O)(=O)c1ccc(NC(=O)c2c[nH]c(=O)n(Cc3ccc4c(c3)OCO4)c2=O)cc1. The topological polar surface area (TPSA) is 137 Å². The molecule has 3 aromatic rings. The van der Waals surface area contributed by atoms with Crippen molar-refractivity contribution in [3.8, 4) is 11.5 Å². The van der Waals surface area contributed by atoms with Crippen LogP contribution in [0.3, 0.4) is 0 Å². The van der Waals surface area contributed by atoms with E-state index in [-0.39, 0.29) is 23.8 Å². The van der Waals surface area contributed by atoms with Crippen LogP contribution in [0.15, 0.2) is 63.1 Å². The number of hydrogen-bond donors (Lipinski definition) is 2. The average molecular weight is 443 g/mol. The lowest BCUT2D eigenvalue weighted by Crippen LogP contribution is -2.39. The largest absolute Gasteiger partial charge is 0.454 e. The van der Waals surface area contributed by atoms with E-state index in [0.29, 0.717) is 22.7 Å². The summed E-state index contributed by atoms with van der Waals surface area (Å²) in [7, 11) is -3.37. The Labute approximate surface area is 176 Å². The summed E-state index contributed by atoms with van der Waals surface area (Å²) in [5, 5.41) is 2.52. The van der Waals surface area contributed by atoms with Gasteiger partial charge in [0.05, 0.1) is 11.4 Å². The molecule has 0 fully saturated rings. The van der Waals surface area contributed by atoms with Crippen LogP contribution in [0.4, 0.5) is 5.69 Å². The predicted octanol–water partition coefficient (Wildman–Crippen LogP) is 0.969. The maximum absolute atomic E-state index is 12.8. The van der Waals surface area contributed by atoms with Gasteiger partial charge in [-0.3, -0.25) is 14.2 Å². The lowest BCUT2D eigenvalue weighted by Gasteiger charge is -2.09. The monoisotopic (exact) mass is 443 g/mol. The molecule has 4 rings (SSSR count). The number of carbonyl (C=O) groups excluding carboxylic acids is 1. The lowest BCUT2D eigenvalue weighted by atomic mass is 10.2. The molecule has 0 saturated heterocycles. The fourth-order valence-electron chi connectivity index (χ4n) is 3.02. The minimum absolute atomic E-state index is 0.0744. The van der Waals surface area contributed by atoms with Crippen LogP contribution < -0.4 is 26.0 Å². The van der Waals surface area contributed by atoms with Crippen molar-refractivity contribution < 1.29 is 22.7 Å². The van der Waals surface area contributed by atoms with Crippen LogP contribution in [0.25, 0.3) is 0 Å². The number of benzene rings is 2. The highest BCUT2D eigenvalue weighted by Crippen LogP contribution is 2.32. The number of hydrogen-bond acceptors (Lipinski definition) is 7. The van der Waals surface area contributed by atoms with Gasteiger partial charge in [-0.15, -0.1) is 0 Å². The zero-order valence-electron chi connectivity index (χ0n) is 16.2. The van der Waals surface area contributed by atoms with Crippen LogP contribution in [-0.4, -0.2) is 36.9 Å². The molecule has 0 saturated carbocycles. The number of amides is 1. The van der Waals surface area contributed by atoms with Crippen LogP contribution in [0.1, 0.15) is 15.9 Å². The summed E-state index contributed by atoms with van der Waals surface area (Å²) in [5.41, 5.74) is -0.799. The first-order valence-corrected chi connectivity index (χ1v) is 10.9. The first-order valence-electron chi connectivity index (χ1n) is 9.05. The number of fused-ring (bicyclic) bond motifs is 1. The van der Waals surface area contributed by atoms with Crippen molar-refractivity contribution in [1.82, 2.24) is 9.55 Å². The van der Waals surface area contributed by atoms with E-state index in [2.05, 4.69) is 10.3 Å². The smallest absolute Gasteiger partial charge is 0.328 e. The molecule has 0 radical (unpaired) electrons. The van der Waals surface area contributed by atoms with Gasteiger partial charge in [0.1, 0.15) is 5.56 Å². The Morgan fingerprint density at radius 1 is 1.10 bits per heavy atom. The fourth-order valence-corrected chi connectivity index (χ4v) is 3.65.